The van der Waals surface area contributed by atoms with E-state index in [0.29, 0.717) is 11.7 Å². The molecule has 1 fully saturated rings. The molecule has 14 heavy (non-hydrogen) atoms. The van der Waals surface area contributed by atoms with Crippen molar-refractivity contribution in [1.82, 2.24) is 0 Å². The molecule has 0 aromatic heterocycles. The summed E-state index contributed by atoms with van der Waals surface area (Å²) in [6.45, 7) is 0. The molecule has 1 aliphatic rings. The first-order valence-electron chi connectivity index (χ1n) is 4.49. The van der Waals surface area contributed by atoms with Gasteiger partial charge in [-0.3, -0.25) is 0 Å². The van der Waals surface area contributed by atoms with Crippen LogP contribution in [0.1, 0.15) is 18.4 Å². The Kier molecular flexibility index (Phi) is 2.13. The van der Waals surface area contributed by atoms with E-state index in [9.17, 15) is 13.2 Å². The number of rotatable bonds is 2. The van der Waals surface area contributed by atoms with Crippen LogP contribution in [0.2, 0.25) is 0 Å². The standard InChI is InChI=1S/C10H10F3N/c11-10(12,13)7-2-1-3-9(6-7)14-8-4-5-8/h1-3,6,8,14H,4-5H2. The van der Waals surface area contributed by atoms with Crippen LogP contribution in [-0.2, 0) is 6.18 Å². The molecule has 0 bridgehead atoms. The third kappa shape index (κ3) is 2.19. The molecule has 0 saturated heterocycles. The zero-order valence-electron chi connectivity index (χ0n) is 7.43. The summed E-state index contributed by atoms with van der Waals surface area (Å²) < 4.78 is 36.9. The zero-order chi connectivity index (χ0) is 10.2. The summed E-state index contributed by atoms with van der Waals surface area (Å²) in [5.41, 5.74) is -0.0366. The summed E-state index contributed by atoms with van der Waals surface area (Å²) in [5, 5.41) is 3.03. The summed E-state index contributed by atoms with van der Waals surface area (Å²) in [7, 11) is 0. The van der Waals surface area contributed by atoms with Crippen LogP contribution in [0.25, 0.3) is 0 Å². The molecular formula is C10H10F3N. The third-order valence-corrected chi connectivity index (χ3v) is 2.14. The highest BCUT2D eigenvalue weighted by molar-refractivity contribution is 5.48. The summed E-state index contributed by atoms with van der Waals surface area (Å²) in [4.78, 5) is 0. The van der Waals surface area contributed by atoms with Crippen molar-refractivity contribution in [1.29, 1.82) is 0 Å². The molecule has 1 N–H and O–H groups in total. The van der Waals surface area contributed by atoms with Crippen LogP contribution in [-0.4, -0.2) is 6.04 Å². The van der Waals surface area contributed by atoms with Gasteiger partial charge in [-0.1, -0.05) is 6.07 Å². The Bertz CT molecular complexity index is 328. The minimum Gasteiger partial charge on any atom is -0.382 e. The lowest BCUT2D eigenvalue weighted by molar-refractivity contribution is -0.137. The second-order valence-electron chi connectivity index (χ2n) is 3.50. The number of nitrogens with one attached hydrogen (secondary N) is 1. The fourth-order valence-electron chi connectivity index (χ4n) is 1.25. The normalized spacial score (nSPS) is 16.8. The average Bonchev–Trinajstić information content (AvgIpc) is 2.87. The first kappa shape index (κ1) is 9.37. The van der Waals surface area contributed by atoms with Gasteiger partial charge in [-0.25, -0.2) is 0 Å². The molecule has 2 rings (SSSR count). The van der Waals surface area contributed by atoms with Crippen LogP contribution in [0.3, 0.4) is 0 Å². The molecule has 0 unspecified atom stereocenters. The fraction of sp³-hybridized carbons (Fsp3) is 0.400. The number of benzene rings is 1. The first-order valence-corrected chi connectivity index (χ1v) is 4.49. The van der Waals surface area contributed by atoms with E-state index in [2.05, 4.69) is 5.32 Å². The van der Waals surface area contributed by atoms with Crippen LogP contribution in [0.4, 0.5) is 18.9 Å². The molecule has 1 aromatic rings. The van der Waals surface area contributed by atoms with Crippen LogP contribution in [0.15, 0.2) is 24.3 Å². The summed E-state index contributed by atoms with van der Waals surface area (Å²) in [5.74, 6) is 0. The van der Waals surface area contributed by atoms with Gasteiger partial charge in [-0.05, 0) is 31.0 Å². The van der Waals surface area contributed by atoms with Crippen molar-refractivity contribution >= 4 is 5.69 Å². The number of anilines is 1. The van der Waals surface area contributed by atoms with Gasteiger partial charge in [-0.15, -0.1) is 0 Å². The Balaban J connectivity index is 2.17. The molecule has 0 spiro atoms. The minimum absolute atomic E-state index is 0.374. The first-order chi connectivity index (χ1) is 6.55. The minimum atomic E-state index is -4.25. The van der Waals surface area contributed by atoms with Crippen LogP contribution >= 0.6 is 0 Å². The van der Waals surface area contributed by atoms with Crippen molar-refractivity contribution < 1.29 is 13.2 Å². The van der Waals surface area contributed by atoms with E-state index in [-0.39, 0.29) is 0 Å². The van der Waals surface area contributed by atoms with Gasteiger partial charge in [0.25, 0.3) is 0 Å². The Hall–Kier alpha value is -1.19. The number of alkyl halides is 3. The molecule has 1 saturated carbocycles. The third-order valence-electron chi connectivity index (χ3n) is 2.14. The van der Waals surface area contributed by atoms with E-state index in [0.717, 1.165) is 25.0 Å². The highest BCUT2D eigenvalue weighted by Crippen LogP contribution is 2.32. The van der Waals surface area contributed by atoms with Gasteiger partial charge in [0.15, 0.2) is 0 Å². The number of halogens is 3. The second-order valence-corrected chi connectivity index (χ2v) is 3.50. The van der Waals surface area contributed by atoms with E-state index in [4.69, 9.17) is 0 Å². The molecule has 0 heterocycles. The van der Waals surface area contributed by atoms with Crippen molar-refractivity contribution in [3.63, 3.8) is 0 Å². The summed E-state index contributed by atoms with van der Waals surface area (Å²) >= 11 is 0. The lowest BCUT2D eigenvalue weighted by Gasteiger charge is -2.09. The predicted octanol–water partition coefficient (Wildman–Crippen LogP) is 3.28. The quantitative estimate of drug-likeness (QED) is 0.774. The average molecular weight is 201 g/mol. The molecule has 1 nitrogen and oxygen atoms in total. The highest BCUT2D eigenvalue weighted by atomic mass is 19.4. The maximum absolute atomic E-state index is 12.3. The van der Waals surface area contributed by atoms with E-state index in [1.165, 1.54) is 6.07 Å². The second kappa shape index (κ2) is 3.19. The Morgan fingerprint density at radius 1 is 1.21 bits per heavy atom. The Morgan fingerprint density at radius 2 is 1.93 bits per heavy atom. The molecule has 76 valence electrons. The van der Waals surface area contributed by atoms with E-state index < -0.39 is 11.7 Å². The topological polar surface area (TPSA) is 12.0 Å². The molecule has 0 atom stereocenters. The molecular weight excluding hydrogens is 191 g/mol. The molecule has 4 heteroatoms. The van der Waals surface area contributed by atoms with Crippen LogP contribution in [0, 0.1) is 0 Å². The lowest BCUT2D eigenvalue weighted by atomic mass is 10.2. The van der Waals surface area contributed by atoms with Crippen molar-refractivity contribution in [3.8, 4) is 0 Å². The van der Waals surface area contributed by atoms with E-state index in [1.807, 2.05) is 0 Å². The molecule has 1 aromatic carbocycles. The van der Waals surface area contributed by atoms with Crippen molar-refractivity contribution in [3.05, 3.63) is 29.8 Å². The number of hydrogen-bond donors (Lipinski definition) is 1. The van der Waals surface area contributed by atoms with Gasteiger partial charge in [-0.2, -0.15) is 13.2 Å². The summed E-state index contributed by atoms with van der Waals surface area (Å²) in [6.07, 6.45) is -2.15. The summed E-state index contributed by atoms with van der Waals surface area (Å²) in [6, 6.07) is 5.69. The maximum Gasteiger partial charge on any atom is 0.416 e. The van der Waals surface area contributed by atoms with E-state index in [1.54, 1.807) is 6.07 Å². The van der Waals surface area contributed by atoms with Crippen LogP contribution < -0.4 is 5.32 Å². The van der Waals surface area contributed by atoms with Gasteiger partial charge >= 0.3 is 6.18 Å². The Labute approximate surface area is 79.9 Å². The fourth-order valence-corrected chi connectivity index (χ4v) is 1.25. The van der Waals surface area contributed by atoms with Crippen molar-refractivity contribution in [2.75, 3.05) is 5.32 Å². The largest absolute Gasteiger partial charge is 0.416 e. The van der Waals surface area contributed by atoms with Crippen LogP contribution in [0.5, 0.6) is 0 Å². The van der Waals surface area contributed by atoms with Gasteiger partial charge in [0.2, 0.25) is 0 Å². The van der Waals surface area contributed by atoms with Gasteiger partial charge in [0.05, 0.1) is 5.56 Å². The van der Waals surface area contributed by atoms with Gasteiger partial charge in [0.1, 0.15) is 0 Å². The predicted molar refractivity (Wildman–Crippen MR) is 48.1 cm³/mol. The van der Waals surface area contributed by atoms with Crippen molar-refractivity contribution in [2.45, 2.75) is 25.1 Å². The Morgan fingerprint density at radius 3 is 2.50 bits per heavy atom. The lowest BCUT2D eigenvalue weighted by Crippen LogP contribution is -2.07. The molecule has 0 aliphatic heterocycles. The molecule has 1 aliphatic carbocycles. The SMILES string of the molecule is FC(F)(F)c1cccc(NC2CC2)c1. The van der Waals surface area contributed by atoms with Gasteiger partial charge < -0.3 is 5.32 Å². The highest BCUT2D eigenvalue weighted by Gasteiger charge is 2.30. The maximum atomic E-state index is 12.3. The molecule has 0 radical (unpaired) electrons. The monoisotopic (exact) mass is 201 g/mol. The molecule has 0 amide bonds. The van der Waals surface area contributed by atoms with E-state index >= 15 is 0 Å². The van der Waals surface area contributed by atoms with Gasteiger partial charge in [0, 0.05) is 11.7 Å². The zero-order valence-corrected chi connectivity index (χ0v) is 7.43. The smallest absolute Gasteiger partial charge is 0.382 e. The van der Waals surface area contributed by atoms with Crippen molar-refractivity contribution in [2.24, 2.45) is 0 Å². The number of hydrogen-bond acceptors (Lipinski definition) is 1.